The Labute approximate surface area is 201 Å². The molecule has 0 saturated heterocycles. The van der Waals surface area contributed by atoms with Crippen LogP contribution >= 0.6 is 11.3 Å². The lowest BCUT2D eigenvalue weighted by Gasteiger charge is -2.13. The van der Waals surface area contributed by atoms with E-state index in [0.29, 0.717) is 22.4 Å². The van der Waals surface area contributed by atoms with Crippen molar-refractivity contribution in [2.45, 2.75) is 31.0 Å². The molecule has 2 aromatic carbocycles. The van der Waals surface area contributed by atoms with Crippen molar-refractivity contribution < 1.29 is 31.9 Å². The van der Waals surface area contributed by atoms with Crippen LogP contribution in [-0.4, -0.2) is 35.2 Å². The molecule has 0 spiro atoms. The van der Waals surface area contributed by atoms with Crippen LogP contribution in [0, 0.1) is 0 Å². The van der Waals surface area contributed by atoms with Crippen LogP contribution in [0.2, 0.25) is 0 Å². The number of halogens is 5. The zero-order chi connectivity index (χ0) is 25.4. The van der Waals surface area contributed by atoms with Crippen LogP contribution < -0.4 is 16.4 Å². The number of alkyl halides is 5. The van der Waals surface area contributed by atoms with Gasteiger partial charge in [0.15, 0.2) is 5.13 Å². The summed E-state index contributed by atoms with van der Waals surface area (Å²) in [6, 6.07) is 8.97. The van der Waals surface area contributed by atoms with E-state index in [1.807, 2.05) is 0 Å². The monoisotopic (exact) mass is 512 g/mol. The summed E-state index contributed by atoms with van der Waals surface area (Å²) in [4.78, 5) is 15.8. The molecular formula is C23H21F5N4O2S. The number of anilines is 2. The first-order chi connectivity index (χ1) is 16.5. The highest BCUT2D eigenvalue weighted by atomic mass is 32.1. The summed E-state index contributed by atoms with van der Waals surface area (Å²) in [5.74, 6) is -3.78. The number of benzene rings is 2. The molecule has 0 saturated carbocycles. The van der Waals surface area contributed by atoms with Crippen LogP contribution in [0.3, 0.4) is 0 Å². The second-order valence-electron chi connectivity index (χ2n) is 8.20. The molecule has 12 heteroatoms. The summed E-state index contributed by atoms with van der Waals surface area (Å²) >= 11 is 0.955. The number of carbonyl (C=O) groups is 1. The normalized spacial score (nSPS) is 14.5. The molecule has 1 atom stereocenters. The largest absolute Gasteiger partial charge is 0.416 e. The molecule has 1 amide bonds. The number of hydrogen-bond donors (Lipinski definition) is 4. The van der Waals surface area contributed by atoms with Crippen molar-refractivity contribution in [1.82, 2.24) is 4.98 Å². The average molecular weight is 513 g/mol. The molecule has 5 N–H and O–H groups in total. The Kier molecular flexibility index (Phi) is 6.80. The maximum absolute atomic E-state index is 14.5. The van der Waals surface area contributed by atoms with Crippen molar-refractivity contribution in [2.75, 3.05) is 23.8 Å². The molecule has 4 rings (SSSR count). The number of nitrogens with two attached hydrogens (primary N) is 1. The molecule has 35 heavy (non-hydrogen) atoms. The maximum Gasteiger partial charge on any atom is 0.416 e. The van der Waals surface area contributed by atoms with Crippen LogP contribution in [0.5, 0.6) is 0 Å². The van der Waals surface area contributed by atoms with Gasteiger partial charge in [0.05, 0.1) is 16.9 Å². The second kappa shape index (κ2) is 9.51. The number of aliphatic hydroxyl groups excluding tert-OH is 1. The van der Waals surface area contributed by atoms with Gasteiger partial charge in [-0.1, -0.05) is 29.5 Å². The topological polar surface area (TPSA) is 100 Å². The molecule has 0 unspecified atom stereocenters. The van der Waals surface area contributed by atoms with Gasteiger partial charge in [0, 0.05) is 18.3 Å². The van der Waals surface area contributed by atoms with Crippen molar-refractivity contribution in [3.05, 3.63) is 64.8 Å². The van der Waals surface area contributed by atoms with Gasteiger partial charge in [-0.25, -0.2) is 4.98 Å². The molecule has 0 fully saturated rings. The van der Waals surface area contributed by atoms with E-state index in [9.17, 15) is 31.9 Å². The van der Waals surface area contributed by atoms with Crippen molar-refractivity contribution in [3.63, 3.8) is 0 Å². The van der Waals surface area contributed by atoms with E-state index >= 15 is 0 Å². The molecular weight excluding hydrogens is 491 g/mol. The van der Waals surface area contributed by atoms with Gasteiger partial charge in [0.1, 0.15) is 12.3 Å². The molecule has 1 aliphatic rings. The number of amides is 1. The van der Waals surface area contributed by atoms with Crippen LogP contribution in [0.25, 0.3) is 10.4 Å². The minimum atomic E-state index is -4.43. The lowest BCUT2D eigenvalue weighted by molar-refractivity contribution is -0.137. The third-order valence-corrected chi connectivity index (χ3v) is 6.52. The predicted molar refractivity (Wildman–Crippen MR) is 122 cm³/mol. The van der Waals surface area contributed by atoms with E-state index in [-0.39, 0.29) is 35.3 Å². The summed E-state index contributed by atoms with van der Waals surface area (Å²) in [5.41, 5.74) is 7.05. The number of carbonyl (C=O) groups excluding carboxylic acids is 1. The van der Waals surface area contributed by atoms with Gasteiger partial charge in [0.25, 0.3) is 0 Å². The molecule has 1 aromatic heterocycles. The number of rotatable bonds is 8. The van der Waals surface area contributed by atoms with E-state index in [0.717, 1.165) is 23.5 Å². The minimum Gasteiger partial charge on any atom is -0.390 e. The van der Waals surface area contributed by atoms with Crippen molar-refractivity contribution in [3.8, 4) is 10.4 Å². The third-order valence-electron chi connectivity index (χ3n) is 5.46. The highest BCUT2D eigenvalue weighted by Gasteiger charge is 2.38. The number of thiazole rings is 1. The van der Waals surface area contributed by atoms with Gasteiger partial charge in [0.2, 0.25) is 5.91 Å². The van der Waals surface area contributed by atoms with E-state index in [2.05, 4.69) is 15.6 Å². The van der Waals surface area contributed by atoms with E-state index < -0.39 is 36.0 Å². The molecule has 186 valence electrons. The zero-order valence-corrected chi connectivity index (χ0v) is 18.9. The van der Waals surface area contributed by atoms with Crippen molar-refractivity contribution >= 4 is 28.1 Å². The number of fused-ring (bicyclic) bond motifs is 1. The van der Waals surface area contributed by atoms with Crippen LogP contribution in [-0.2, 0) is 29.7 Å². The van der Waals surface area contributed by atoms with E-state index in [1.54, 1.807) is 18.2 Å². The summed E-state index contributed by atoms with van der Waals surface area (Å²) in [7, 11) is 0. The predicted octanol–water partition coefficient (Wildman–Crippen LogP) is 4.39. The molecule has 2 heterocycles. The van der Waals surface area contributed by atoms with Crippen LogP contribution in [0.15, 0.2) is 42.5 Å². The molecule has 0 bridgehead atoms. The van der Waals surface area contributed by atoms with E-state index in [1.165, 1.54) is 12.1 Å². The smallest absolute Gasteiger partial charge is 0.390 e. The zero-order valence-electron chi connectivity index (χ0n) is 18.1. The first-order valence-electron chi connectivity index (χ1n) is 10.5. The Balaban J connectivity index is 1.49. The van der Waals surface area contributed by atoms with Gasteiger partial charge < -0.3 is 21.5 Å². The van der Waals surface area contributed by atoms with Gasteiger partial charge in [-0.2, -0.15) is 22.0 Å². The van der Waals surface area contributed by atoms with Crippen LogP contribution in [0.4, 0.5) is 32.8 Å². The first kappa shape index (κ1) is 25.0. The molecule has 0 aliphatic carbocycles. The fourth-order valence-corrected chi connectivity index (χ4v) is 4.73. The van der Waals surface area contributed by atoms with Gasteiger partial charge in [-0.05, 0) is 47.4 Å². The number of hydrogen-bond acceptors (Lipinski definition) is 6. The standard InChI is InChI=1S/C23H21F5N4O2S/c24-22(25,11-33)20-19(13-3-6-17-14(8-13)9-18(34)31-17)35-21(32-20)30-10-16(29)7-12-1-4-15(5-2-12)23(26,27)28/h1-6,8,16,33H,7,9-11,29H2,(H,30,32)(H,31,34)/t16-/m1/s1. The quantitative estimate of drug-likeness (QED) is 0.336. The first-order valence-corrected chi connectivity index (χ1v) is 11.4. The third kappa shape index (κ3) is 5.60. The summed E-state index contributed by atoms with van der Waals surface area (Å²) in [6.45, 7) is -1.30. The molecule has 0 radical (unpaired) electrons. The van der Waals surface area contributed by atoms with Crippen molar-refractivity contribution in [2.24, 2.45) is 5.73 Å². The second-order valence-corrected chi connectivity index (χ2v) is 9.20. The summed E-state index contributed by atoms with van der Waals surface area (Å²) in [5, 5.41) is 15.0. The number of nitrogens with one attached hydrogen (secondary N) is 2. The number of aliphatic hydroxyl groups is 1. The SMILES string of the molecule is N[C@@H](CNc1nc(C(F)(F)CO)c(-c2ccc3c(c2)CC(=O)N3)s1)Cc1ccc(C(F)(F)F)cc1. The fraction of sp³-hybridized carbons (Fsp3) is 0.304. The lowest BCUT2D eigenvalue weighted by Crippen LogP contribution is -2.31. The molecule has 6 nitrogen and oxygen atoms in total. The summed E-state index contributed by atoms with van der Waals surface area (Å²) in [6.07, 6.45) is -4.03. The molecule has 1 aliphatic heterocycles. The van der Waals surface area contributed by atoms with Gasteiger partial charge in [-0.3, -0.25) is 4.79 Å². The Bertz CT molecular complexity index is 1230. The highest BCUT2D eigenvalue weighted by molar-refractivity contribution is 7.19. The van der Waals surface area contributed by atoms with Gasteiger partial charge in [-0.15, -0.1) is 0 Å². The minimum absolute atomic E-state index is 0.126. The van der Waals surface area contributed by atoms with Gasteiger partial charge >= 0.3 is 12.1 Å². The van der Waals surface area contributed by atoms with E-state index in [4.69, 9.17) is 5.73 Å². The maximum atomic E-state index is 14.5. The molecule has 3 aromatic rings. The Morgan fingerprint density at radius 1 is 1.14 bits per heavy atom. The Hall–Kier alpha value is -3.09. The Morgan fingerprint density at radius 3 is 2.51 bits per heavy atom. The summed E-state index contributed by atoms with van der Waals surface area (Å²) < 4.78 is 67.1. The van der Waals surface area contributed by atoms with Crippen molar-refractivity contribution in [1.29, 1.82) is 0 Å². The van der Waals surface area contributed by atoms with Crippen LogP contribution in [0.1, 0.15) is 22.4 Å². The highest BCUT2D eigenvalue weighted by Crippen LogP contribution is 2.42. The number of aromatic nitrogens is 1. The average Bonchev–Trinajstić information content (AvgIpc) is 3.40. The lowest BCUT2D eigenvalue weighted by atomic mass is 10.0. The Morgan fingerprint density at radius 2 is 1.86 bits per heavy atom. The number of nitrogens with zero attached hydrogens (tertiary/aromatic N) is 1. The fourth-order valence-electron chi connectivity index (χ4n) is 3.71.